The van der Waals surface area contributed by atoms with Crippen molar-refractivity contribution in [2.45, 2.75) is 30.7 Å². The minimum absolute atomic E-state index is 0.0724. The predicted molar refractivity (Wildman–Crippen MR) is 73.8 cm³/mol. The Balaban J connectivity index is 3.07. The molecule has 0 amide bonds. The van der Waals surface area contributed by atoms with E-state index in [9.17, 15) is 8.42 Å². The summed E-state index contributed by atoms with van der Waals surface area (Å²) in [7, 11) is -2.07. The first-order chi connectivity index (χ1) is 8.55. The average molecular weight is 266 g/mol. The van der Waals surface area contributed by atoms with Crippen LogP contribution in [-0.2, 0) is 10.0 Å². The van der Waals surface area contributed by atoms with Crippen LogP contribution in [0.4, 0.5) is 5.69 Å². The van der Waals surface area contributed by atoms with E-state index in [1.807, 2.05) is 6.92 Å². The molecule has 0 heterocycles. The fraction of sp³-hybridized carbons (Fsp3) is 0.385. The van der Waals surface area contributed by atoms with E-state index in [4.69, 9.17) is 6.42 Å². The molecule has 98 valence electrons. The standard InChI is InChI=1S/C13H18N2O2S/c1-4-8-11(5-2)15-12-9-6-7-10-13(12)18(16,17)14-3/h1,6-7,9-11,14-15H,5,8H2,2-3H3. The van der Waals surface area contributed by atoms with Crippen LogP contribution in [0.3, 0.4) is 0 Å². The lowest BCUT2D eigenvalue weighted by Crippen LogP contribution is -2.23. The molecule has 1 aromatic carbocycles. The molecule has 0 aliphatic carbocycles. The maximum atomic E-state index is 11.9. The summed E-state index contributed by atoms with van der Waals surface area (Å²) in [5, 5.41) is 3.18. The molecular weight excluding hydrogens is 248 g/mol. The summed E-state index contributed by atoms with van der Waals surface area (Å²) in [5.41, 5.74) is 0.578. The molecule has 4 nitrogen and oxygen atoms in total. The second kappa shape index (κ2) is 6.43. The van der Waals surface area contributed by atoms with Crippen LogP contribution >= 0.6 is 0 Å². The third-order valence-corrected chi connectivity index (χ3v) is 4.13. The van der Waals surface area contributed by atoms with Crippen molar-refractivity contribution in [3.8, 4) is 12.3 Å². The summed E-state index contributed by atoms with van der Waals surface area (Å²) < 4.78 is 26.0. The summed E-state index contributed by atoms with van der Waals surface area (Å²) in [6.45, 7) is 2.00. The first kappa shape index (κ1) is 14.6. The van der Waals surface area contributed by atoms with E-state index >= 15 is 0 Å². The Morgan fingerprint density at radius 2 is 2.06 bits per heavy atom. The van der Waals surface area contributed by atoms with Gasteiger partial charge in [0.25, 0.3) is 0 Å². The molecule has 0 fully saturated rings. The first-order valence-corrected chi connectivity index (χ1v) is 7.26. The smallest absolute Gasteiger partial charge is 0.242 e. The second-order valence-electron chi connectivity index (χ2n) is 3.86. The lowest BCUT2D eigenvalue weighted by molar-refractivity contribution is 0.588. The molecule has 0 aliphatic heterocycles. The molecule has 0 radical (unpaired) electrons. The van der Waals surface area contributed by atoms with Crippen molar-refractivity contribution in [3.63, 3.8) is 0 Å². The van der Waals surface area contributed by atoms with E-state index < -0.39 is 10.0 Å². The van der Waals surface area contributed by atoms with Crippen molar-refractivity contribution in [2.24, 2.45) is 0 Å². The van der Waals surface area contributed by atoms with Crippen molar-refractivity contribution in [1.82, 2.24) is 4.72 Å². The van der Waals surface area contributed by atoms with Gasteiger partial charge < -0.3 is 5.32 Å². The maximum absolute atomic E-state index is 11.9. The summed E-state index contributed by atoms with van der Waals surface area (Å²) >= 11 is 0. The zero-order valence-corrected chi connectivity index (χ0v) is 11.4. The van der Waals surface area contributed by atoms with Gasteiger partial charge in [-0.3, -0.25) is 0 Å². The molecule has 0 saturated carbocycles. The van der Waals surface area contributed by atoms with Crippen molar-refractivity contribution in [1.29, 1.82) is 0 Å². The third kappa shape index (κ3) is 3.49. The molecular formula is C13H18N2O2S. The van der Waals surface area contributed by atoms with E-state index in [0.29, 0.717) is 12.1 Å². The number of sulfonamides is 1. The number of anilines is 1. The maximum Gasteiger partial charge on any atom is 0.242 e. The molecule has 2 N–H and O–H groups in total. The SMILES string of the molecule is C#CCC(CC)Nc1ccccc1S(=O)(=O)NC. The quantitative estimate of drug-likeness (QED) is 0.772. The molecule has 1 aromatic rings. The van der Waals surface area contributed by atoms with Crippen molar-refractivity contribution in [2.75, 3.05) is 12.4 Å². The molecule has 18 heavy (non-hydrogen) atoms. The van der Waals surface area contributed by atoms with Crippen LogP contribution < -0.4 is 10.0 Å². The van der Waals surface area contributed by atoms with Gasteiger partial charge in [0, 0.05) is 12.5 Å². The molecule has 0 aliphatic rings. The topological polar surface area (TPSA) is 58.2 Å². The lowest BCUT2D eigenvalue weighted by Gasteiger charge is -2.18. The Morgan fingerprint density at radius 3 is 2.61 bits per heavy atom. The molecule has 5 heteroatoms. The fourth-order valence-electron chi connectivity index (χ4n) is 1.59. The predicted octanol–water partition coefficient (Wildman–Crippen LogP) is 1.81. The van der Waals surface area contributed by atoms with Crippen LogP contribution in [-0.4, -0.2) is 21.5 Å². The molecule has 1 unspecified atom stereocenters. The first-order valence-electron chi connectivity index (χ1n) is 5.77. The minimum atomic E-state index is -3.46. The summed E-state index contributed by atoms with van der Waals surface area (Å²) in [4.78, 5) is 0.239. The number of terminal acetylenes is 1. The Kier molecular flexibility index (Phi) is 5.20. The fourth-order valence-corrected chi connectivity index (χ4v) is 2.48. The van der Waals surface area contributed by atoms with Gasteiger partial charge in [0.15, 0.2) is 0 Å². The Morgan fingerprint density at radius 1 is 1.39 bits per heavy atom. The van der Waals surface area contributed by atoms with Gasteiger partial charge in [-0.25, -0.2) is 13.1 Å². The van der Waals surface area contributed by atoms with Crippen LogP contribution in [0.2, 0.25) is 0 Å². The van der Waals surface area contributed by atoms with Crippen LogP contribution in [0.25, 0.3) is 0 Å². The highest BCUT2D eigenvalue weighted by atomic mass is 32.2. The van der Waals surface area contributed by atoms with Crippen LogP contribution in [0.1, 0.15) is 19.8 Å². The molecule has 1 atom stereocenters. The molecule has 1 rings (SSSR count). The van der Waals surface area contributed by atoms with E-state index in [0.717, 1.165) is 6.42 Å². The van der Waals surface area contributed by atoms with E-state index in [-0.39, 0.29) is 10.9 Å². The molecule has 0 spiro atoms. The monoisotopic (exact) mass is 266 g/mol. The van der Waals surface area contributed by atoms with Gasteiger partial charge in [-0.05, 0) is 25.6 Å². The Labute approximate surface area is 109 Å². The van der Waals surface area contributed by atoms with Gasteiger partial charge in [0.05, 0.1) is 5.69 Å². The summed E-state index contributed by atoms with van der Waals surface area (Å²) in [5.74, 6) is 2.58. The number of para-hydroxylation sites is 1. The number of benzene rings is 1. The zero-order chi connectivity index (χ0) is 13.6. The molecule has 0 bridgehead atoms. The van der Waals surface area contributed by atoms with Gasteiger partial charge in [-0.2, -0.15) is 0 Å². The third-order valence-electron chi connectivity index (χ3n) is 2.66. The van der Waals surface area contributed by atoms with Crippen LogP contribution in [0, 0.1) is 12.3 Å². The summed E-state index contributed by atoms with van der Waals surface area (Å²) in [6, 6.07) is 6.86. The largest absolute Gasteiger partial charge is 0.380 e. The number of rotatable bonds is 6. The van der Waals surface area contributed by atoms with Crippen molar-refractivity contribution < 1.29 is 8.42 Å². The Bertz CT molecular complexity index is 532. The summed E-state index contributed by atoms with van der Waals surface area (Å²) in [6.07, 6.45) is 6.68. The van der Waals surface area contributed by atoms with Gasteiger partial charge in [0.1, 0.15) is 4.90 Å². The number of hydrogen-bond acceptors (Lipinski definition) is 3. The van der Waals surface area contributed by atoms with E-state index in [1.54, 1.807) is 24.3 Å². The highest BCUT2D eigenvalue weighted by Gasteiger charge is 2.17. The van der Waals surface area contributed by atoms with Crippen molar-refractivity contribution in [3.05, 3.63) is 24.3 Å². The van der Waals surface area contributed by atoms with Gasteiger partial charge in [0.2, 0.25) is 10.0 Å². The zero-order valence-electron chi connectivity index (χ0n) is 10.6. The van der Waals surface area contributed by atoms with Crippen LogP contribution in [0.15, 0.2) is 29.2 Å². The van der Waals surface area contributed by atoms with Crippen molar-refractivity contribution >= 4 is 15.7 Å². The van der Waals surface area contributed by atoms with Gasteiger partial charge in [-0.1, -0.05) is 19.1 Å². The normalized spacial score (nSPS) is 12.7. The lowest BCUT2D eigenvalue weighted by atomic mass is 10.1. The number of hydrogen-bond donors (Lipinski definition) is 2. The minimum Gasteiger partial charge on any atom is -0.380 e. The van der Waals surface area contributed by atoms with Gasteiger partial charge >= 0.3 is 0 Å². The average Bonchev–Trinajstić information content (AvgIpc) is 2.38. The molecule has 0 aromatic heterocycles. The van der Waals surface area contributed by atoms with Gasteiger partial charge in [-0.15, -0.1) is 12.3 Å². The highest BCUT2D eigenvalue weighted by Crippen LogP contribution is 2.22. The molecule has 0 saturated heterocycles. The van der Waals surface area contributed by atoms with E-state index in [2.05, 4.69) is 16.0 Å². The Hall–Kier alpha value is -1.51. The van der Waals surface area contributed by atoms with Crippen LogP contribution in [0.5, 0.6) is 0 Å². The number of nitrogens with one attached hydrogen (secondary N) is 2. The van der Waals surface area contributed by atoms with E-state index in [1.165, 1.54) is 7.05 Å². The second-order valence-corrected chi connectivity index (χ2v) is 5.72. The highest BCUT2D eigenvalue weighted by molar-refractivity contribution is 7.89.